The Kier molecular flexibility index (Phi) is 6.74. The third-order valence-electron chi connectivity index (χ3n) is 2.70. The van der Waals surface area contributed by atoms with Gasteiger partial charge in [0.2, 0.25) is 0 Å². The highest BCUT2D eigenvalue weighted by atomic mass is 35.5. The van der Waals surface area contributed by atoms with Crippen molar-refractivity contribution in [3.63, 3.8) is 0 Å². The third-order valence-corrected chi connectivity index (χ3v) is 4.76. The van der Waals surface area contributed by atoms with Gasteiger partial charge in [-0.25, -0.2) is 4.39 Å². The van der Waals surface area contributed by atoms with Crippen molar-refractivity contribution in [3.8, 4) is 5.75 Å². The average Bonchev–Trinajstić information content (AvgIpc) is 2.38. The van der Waals surface area contributed by atoms with Crippen LogP contribution in [0.1, 0.15) is 39.3 Å². The lowest BCUT2D eigenvalue weighted by molar-refractivity contribution is 0.0501. The summed E-state index contributed by atoms with van der Waals surface area (Å²) in [4.78, 5) is 0. The van der Waals surface area contributed by atoms with Crippen molar-refractivity contribution in [1.29, 1.82) is 0 Å². The maximum atomic E-state index is 13.7. The zero-order chi connectivity index (χ0) is 16.2. The summed E-state index contributed by atoms with van der Waals surface area (Å²) in [6, 6.07) is 2.26. The van der Waals surface area contributed by atoms with Crippen molar-refractivity contribution in [1.82, 2.24) is 4.72 Å². The molecule has 0 amide bonds. The van der Waals surface area contributed by atoms with Crippen LogP contribution >= 0.6 is 11.6 Å². The Bertz CT molecular complexity index is 482. The SMILES string of the molecule is COCOc1ccc(F)c(Cl)c1C(C)N[S+]([O-])C(C)(C)C. The smallest absolute Gasteiger partial charge is 0.188 e. The molecular formula is C14H21ClFNO3S. The van der Waals surface area contributed by atoms with Crippen molar-refractivity contribution in [2.45, 2.75) is 38.5 Å². The largest absolute Gasteiger partial charge is 0.598 e. The van der Waals surface area contributed by atoms with Crippen LogP contribution in [0.2, 0.25) is 5.02 Å². The number of halogens is 2. The Morgan fingerprint density at radius 2 is 2.05 bits per heavy atom. The fourth-order valence-electron chi connectivity index (χ4n) is 1.60. The van der Waals surface area contributed by atoms with Crippen LogP contribution in [0.25, 0.3) is 0 Å². The van der Waals surface area contributed by atoms with Gasteiger partial charge in [0, 0.05) is 24.0 Å². The molecule has 120 valence electrons. The first kappa shape index (κ1) is 18.5. The molecule has 0 saturated carbocycles. The molecule has 0 aliphatic heterocycles. The molecule has 1 N–H and O–H groups in total. The molecule has 0 aromatic heterocycles. The van der Waals surface area contributed by atoms with Crippen LogP contribution in [0.5, 0.6) is 5.75 Å². The summed E-state index contributed by atoms with van der Waals surface area (Å²) in [5, 5.41) is -0.0467. The molecule has 21 heavy (non-hydrogen) atoms. The molecule has 1 aromatic carbocycles. The Balaban J connectivity index is 3.05. The highest BCUT2D eigenvalue weighted by Gasteiger charge is 2.30. The quantitative estimate of drug-likeness (QED) is 0.637. The summed E-state index contributed by atoms with van der Waals surface area (Å²) in [6.45, 7) is 7.31. The molecule has 2 unspecified atom stereocenters. The fraction of sp³-hybridized carbons (Fsp3) is 0.571. The van der Waals surface area contributed by atoms with E-state index < -0.39 is 28.0 Å². The van der Waals surface area contributed by atoms with Crippen molar-refractivity contribution in [2.24, 2.45) is 0 Å². The van der Waals surface area contributed by atoms with Gasteiger partial charge in [-0.15, -0.1) is 4.72 Å². The summed E-state index contributed by atoms with van der Waals surface area (Å²) in [6.07, 6.45) is 0. The van der Waals surface area contributed by atoms with Crippen molar-refractivity contribution in [3.05, 3.63) is 28.5 Å². The van der Waals surface area contributed by atoms with Crippen LogP contribution in [0, 0.1) is 5.82 Å². The normalized spacial score (nSPS) is 14.9. The number of rotatable bonds is 6. The predicted molar refractivity (Wildman–Crippen MR) is 83.4 cm³/mol. The van der Waals surface area contributed by atoms with E-state index in [0.29, 0.717) is 11.3 Å². The topological polar surface area (TPSA) is 53.5 Å². The first-order valence-corrected chi connectivity index (χ1v) is 7.99. The van der Waals surface area contributed by atoms with Crippen LogP contribution in [-0.2, 0) is 16.1 Å². The molecule has 0 aliphatic carbocycles. The first-order chi connectivity index (χ1) is 9.68. The van der Waals surface area contributed by atoms with Crippen molar-refractivity contribution < 1.29 is 18.4 Å². The summed E-state index contributed by atoms with van der Waals surface area (Å²) < 4.78 is 38.6. The molecule has 7 heteroatoms. The third kappa shape index (κ3) is 5.00. The Labute approximate surface area is 133 Å². The molecule has 1 rings (SSSR count). The van der Waals surface area contributed by atoms with Gasteiger partial charge in [0.25, 0.3) is 0 Å². The highest BCUT2D eigenvalue weighted by molar-refractivity contribution is 7.90. The molecule has 0 saturated heterocycles. The monoisotopic (exact) mass is 337 g/mol. The lowest BCUT2D eigenvalue weighted by Gasteiger charge is -2.27. The van der Waals surface area contributed by atoms with E-state index in [9.17, 15) is 8.94 Å². The molecular weight excluding hydrogens is 317 g/mol. The second-order valence-electron chi connectivity index (χ2n) is 5.54. The number of ether oxygens (including phenoxy) is 2. The van der Waals surface area contributed by atoms with Gasteiger partial charge in [-0.1, -0.05) is 11.6 Å². The summed E-state index contributed by atoms with van der Waals surface area (Å²) in [5.74, 6) is -0.152. The van der Waals surface area contributed by atoms with Crippen LogP contribution < -0.4 is 9.46 Å². The Morgan fingerprint density at radius 1 is 1.43 bits per heavy atom. The first-order valence-electron chi connectivity index (χ1n) is 6.46. The minimum atomic E-state index is -1.31. The zero-order valence-corrected chi connectivity index (χ0v) is 14.4. The van der Waals surface area contributed by atoms with E-state index in [4.69, 9.17) is 21.1 Å². The fourth-order valence-corrected chi connectivity index (χ4v) is 2.71. The summed E-state index contributed by atoms with van der Waals surface area (Å²) >= 11 is 4.72. The average molecular weight is 338 g/mol. The Morgan fingerprint density at radius 3 is 2.57 bits per heavy atom. The van der Waals surface area contributed by atoms with Gasteiger partial charge >= 0.3 is 0 Å². The lowest BCUT2D eigenvalue weighted by atomic mass is 10.1. The summed E-state index contributed by atoms with van der Waals surface area (Å²) in [7, 11) is 1.49. The minimum absolute atomic E-state index is 0.0179. The lowest BCUT2D eigenvalue weighted by Crippen LogP contribution is -2.40. The molecule has 4 nitrogen and oxygen atoms in total. The van der Waals surface area contributed by atoms with Gasteiger partial charge in [0.15, 0.2) is 6.79 Å². The molecule has 1 aromatic rings. The highest BCUT2D eigenvalue weighted by Crippen LogP contribution is 2.35. The van der Waals surface area contributed by atoms with Gasteiger partial charge in [0.05, 0.1) is 11.1 Å². The van der Waals surface area contributed by atoms with E-state index in [-0.39, 0.29) is 11.8 Å². The zero-order valence-electron chi connectivity index (χ0n) is 12.8. The van der Waals surface area contributed by atoms with E-state index in [1.165, 1.54) is 19.2 Å². The predicted octanol–water partition coefficient (Wildman–Crippen LogP) is 3.57. The Hall–Kier alpha value is -0.530. The van der Waals surface area contributed by atoms with Gasteiger partial charge < -0.3 is 14.0 Å². The maximum Gasteiger partial charge on any atom is 0.188 e. The molecule has 0 radical (unpaired) electrons. The van der Waals surface area contributed by atoms with E-state index in [1.807, 2.05) is 20.8 Å². The maximum absolute atomic E-state index is 13.7. The van der Waals surface area contributed by atoms with Crippen molar-refractivity contribution >= 4 is 23.0 Å². The molecule has 2 atom stereocenters. The van der Waals surface area contributed by atoms with E-state index in [2.05, 4.69) is 4.72 Å². The van der Waals surface area contributed by atoms with Crippen LogP contribution in [0.15, 0.2) is 12.1 Å². The standard InChI is InChI=1S/C14H21ClFNO3S/c1-9(17-21(18)14(2,3)4)12-11(20-8-19-5)7-6-10(16)13(12)15/h6-7,9,17H,8H2,1-5H3. The van der Waals surface area contributed by atoms with Gasteiger partial charge in [-0.2, -0.15) is 0 Å². The van der Waals surface area contributed by atoms with Gasteiger partial charge in [-0.05, 0) is 39.8 Å². The van der Waals surface area contributed by atoms with Crippen molar-refractivity contribution in [2.75, 3.05) is 13.9 Å². The number of hydrogen-bond donors (Lipinski definition) is 1. The molecule has 0 spiro atoms. The van der Waals surface area contributed by atoms with Crippen LogP contribution in [0.4, 0.5) is 4.39 Å². The number of hydrogen-bond acceptors (Lipinski definition) is 4. The molecule has 0 bridgehead atoms. The number of methoxy groups -OCH3 is 1. The van der Waals surface area contributed by atoms with E-state index in [0.717, 1.165) is 0 Å². The minimum Gasteiger partial charge on any atom is -0.598 e. The number of nitrogens with one attached hydrogen (secondary N) is 1. The molecule has 0 aliphatic rings. The second kappa shape index (κ2) is 7.65. The molecule has 0 heterocycles. The number of benzene rings is 1. The van der Waals surface area contributed by atoms with E-state index in [1.54, 1.807) is 6.92 Å². The van der Waals surface area contributed by atoms with Crippen LogP contribution in [0.3, 0.4) is 0 Å². The van der Waals surface area contributed by atoms with E-state index >= 15 is 0 Å². The summed E-state index contributed by atoms with van der Waals surface area (Å²) in [5.41, 5.74) is 0.423. The molecule has 0 fully saturated rings. The second-order valence-corrected chi connectivity index (χ2v) is 7.92. The van der Waals surface area contributed by atoms with Crippen LogP contribution in [-0.4, -0.2) is 23.2 Å². The van der Waals surface area contributed by atoms with Gasteiger partial charge in [0.1, 0.15) is 16.3 Å². The van der Waals surface area contributed by atoms with Gasteiger partial charge in [-0.3, -0.25) is 0 Å².